The highest BCUT2D eigenvalue weighted by Gasteiger charge is 2.20. The normalized spacial score (nSPS) is 10.8. The Labute approximate surface area is 607 Å². The average Bonchev–Trinajstić information content (AvgIpc) is 1.68. The first-order valence-electron chi connectivity index (χ1n) is 34.5. The van der Waals surface area contributed by atoms with E-state index in [2.05, 4.69) is 243 Å². The highest BCUT2D eigenvalue weighted by molar-refractivity contribution is 5.98. The van der Waals surface area contributed by atoms with Crippen molar-refractivity contribution in [3.63, 3.8) is 0 Å². The SMILES string of the molecule is C.C.C.C.C.C.CC.CC(C)c1ccccc1.CC(C)c1cn(C(C)C)c2c(F)cccc12.CC(C)c1cn(C(C)C)c2cc(C(=O)N(C)C)ccc12.CC(C)c1cn(C(C)C)c2cc(F)ccc12.CC(C)c1cn(C(C)C)c2ccc(F)cc12.CC(C)c1cn(C(C)C)c2ncccc12. The number of carbonyl (C=O) groups excluding carboxylic acids is 1. The van der Waals surface area contributed by atoms with Gasteiger partial charge in [0.05, 0.1) is 11.0 Å². The standard InChI is InChI=1S/C17H24N2O.3C14H18FN.C13H18N2.C9H12.C2H6.6CH4/c1-11(2)15-10-19(12(3)4)16-9-13(7-8-14(15)16)17(20)18(5)6;1-9(2)13-8-16(10(3)4)14-6-5-11(15)7-12(13)14;1-9(2)13-8-16(10(3)4)14-7-11(15)5-6-12(13)14;1-9(2)12-8-16(10(3)4)14-11(12)6-5-7-13(14)15;1-9(2)12-8-15(10(3)4)13-11(12)6-5-7-14-13;1-8(2)9-6-4-3-5-7-9;1-2;;;;;;/h7-12H,1-6H3;3*5-10H,1-4H3;5-10H,1-4H3;3-8H,1-2H3;1-2H3;6*1H4. The summed E-state index contributed by atoms with van der Waals surface area (Å²) in [5, 5.41) is 5.81. The Morgan fingerprint density at radius 1 is 0.360 bits per heavy atom. The van der Waals surface area contributed by atoms with Gasteiger partial charge in [0.15, 0.2) is 0 Å². The van der Waals surface area contributed by atoms with E-state index in [1.165, 1.54) is 61.7 Å². The molecule has 11 aromatic rings. The van der Waals surface area contributed by atoms with Crippen LogP contribution in [0.15, 0.2) is 152 Å². The summed E-state index contributed by atoms with van der Waals surface area (Å²) < 4.78 is 51.3. The molecule has 0 bridgehead atoms. The number of benzene rings is 5. The molecule has 0 N–H and O–H groups in total. The van der Waals surface area contributed by atoms with Crippen LogP contribution in [0.4, 0.5) is 13.2 Å². The summed E-state index contributed by atoms with van der Waals surface area (Å²) in [6.07, 6.45) is 12.7. The lowest BCUT2D eigenvalue weighted by Gasteiger charge is -2.12. The van der Waals surface area contributed by atoms with E-state index in [4.69, 9.17) is 0 Å². The number of hydrogen-bond donors (Lipinski definition) is 0. The number of hydrogen-bond acceptors (Lipinski definition) is 2. The molecule has 0 saturated heterocycles. The van der Waals surface area contributed by atoms with Gasteiger partial charge in [0.25, 0.3) is 5.91 Å². The number of pyridine rings is 1. The highest BCUT2D eigenvalue weighted by Crippen LogP contribution is 2.35. The lowest BCUT2D eigenvalue weighted by atomic mass is 10.0. The first-order chi connectivity index (χ1) is 44.3. The third-order valence-corrected chi connectivity index (χ3v) is 17.0. The van der Waals surface area contributed by atoms with Crippen LogP contribution in [0.3, 0.4) is 0 Å². The molecule has 0 aliphatic rings. The zero-order valence-electron chi connectivity index (χ0n) is 62.0. The van der Waals surface area contributed by atoms with Gasteiger partial charge in [-0.05, 0) is 205 Å². The van der Waals surface area contributed by atoms with Gasteiger partial charge in [0.1, 0.15) is 23.1 Å². The van der Waals surface area contributed by atoms with Gasteiger partial charge in [-0.1, -0.05) is 190 Å². The van der Waals surface area contributed by atoms with Crippen molar-refractivity contribution in [2.75, 3.05) is 14.1 Å². The third-order valence-electron chi connectivity index (χ3n) is 17.0. The summed E-state index contributed by atoms with van der Waals surface area (Å²) in [6.45, 7) is 51.6. The van der Waals surface area contributed by atoms with E-state index in [0.29, 0.717) is 59.7 Å². The average molecular weight is 1380 g/mol. The fraction of sp³-hybridized carbons (Fsp3) is 0.483. The van der Waals surface area contributed by atoms with Crippen molar-refractivity contribution in [3.8, 4) is 0 Å². The maximum Gasteiger partial charge on any atom is 0.253 e. The second kappa shape index (κ2) is 42.5. The molecule has 0 atom stereocenters. The molecule has 0 fully saturated rings. The molecule has 1 amide bonds. The van der Waals surface area contributed by atoms with Gasteiger partial charge in [-0.15, -0.1) is 0 Å². The van der Waals surface area contributed by atoms with Crippen molar-refractivity contribution in [1.82, 2.24) is 32.7 Å². The molecule has 6 heterocycles. The monoisotopic (exact) mass is 1380 g/mol. The molecule has 556 valence electrons. The van der Waals surface area contributed by atoms with Crippen LogP contribution in [-0.2, 0) is 0 Å². The Balaban J connectivity index is 0. The van der Waals surface area contributed by atoms with Gasteiger partial charge < -0.3 is 27.7 Å². The number of rotatable bonds is 12. The predicted molar refractivity (Wildman–Crippen MR) is 440 cm³/mol. The summed E-state index contributed by atoms with van der Waals surface area (Å²) in [4.78, 5) is 18.2. The number of nitrogens with zero attached hydrogens (tertiary/aromatic N) is 7. The first kappa shape index (κ1) is 94.3. The van der Waals surface area contributed by atoms with Crippen LogP contribution < -0.4 is 0 Å². The van der Waals surface area contributed by atoms with Crippen molar-refractivity contribution in [2.24, 2.45) is 0 Å². The minimum Gasteiger partial charge on any atom is -0.345 e. The predicted octanol–water partition coefficient (Wildman–Crippen LogP) is 28.9. The largest absolute Gasteiger partial charge is 0.345 e. The van der Waals surface area contributed by atoms with E-state index in [0.717, 1.165) is 44.0 Å². The zero-order valence-corrected chi connectivity index (χ0v) is 62.0. The third kappa shape index (κ3) is 23.1. The van der Waals surface area contributed by atoms with Gasteiger partial charge in [-0.3, -0.25) is 4.79 Å². The summed E-state index contributed by atoms with van der Waals surface area (Å²) in [5.74, 6) is 2.60. The second-order valence-corrected chi connectivity index (χ2v) is 28.0. The van der Waals surface area contributed by atoms with Gasteiger partial charge >= 0.3 is 0 Å². The Kier molecular flexibility index (Phi) is 40.0. The number of carbonyl (C=O) groups is 1. The molecule has 0 radical (unpaired) electrons. The fourth-order valence-corrected chi connectivity index (χ4v) is 11.8. The van der Waals surface area contributed by atoms with Crippen LogP contribution in [-0.4, -0.2) is 52.7 Å². The van der Waals surface area contributed by atoms with Crippen LogP contribution in [0, 0.1) is 17.5 Å². The second-order valence-electron chi connectivity index (χ2n) is 28.0. The lowest BCUT2D eigenvalue weighted by Crippen LogP contribution is -2.21. The summed E-state index contributed by atoms with van der Waals surface area (Å²) in [6, 6.07) is 38.1. The van der Waals surface area contributed by atoms with Crippen LogP contribution in [0.5, 0.6) is 0 Å². The Bertz CT molecular complexity index is 4010. The van der Waals surface area contributed by atoms with Crippen LogP contribution in [0.25, 0.3) is 54.6 Å². The highest BCUT2D eigenvalue weighted by atomic mass is 19.1. The van der Waals surface area contributed by atoms with E-state index in [-0.39, 0.29) is 74.0 Å². The molecule has 5 aromatic carbocycles. The molecule has 100 heavy (non-hydrogen) atoms. The molecule has 0 spiro atoms. The minimum absolute atomic E-state index is 0. The van der Waals surface area contributed by atoms with E-state index in [1.807, 2.05) is 67.1 Å². The van der Waals surface area contributed by atoms with Gasteiger partial charge in [-0.2, -0.15) is 0 Å². The van der Waals surface area contributed by atoms with Gasteiger partial charge in [0.2, 0.25) is 0 Å². The maximum absolute atomic E-state index is 13.9. The van der Waals surface area contributed by atoms with E-state index in [9.17, 15) is 18.0 Å². The molecule has 0 aliphatic heterocycles. The Morgan fingerprint density at radius 2 is 0.740 bits per heavy atom. The Hall–Kier alpha value is -7.79. The summed E-state index contributed by atoms with van der Waals surface area (Å²) >= 11 is 0. The number of aromatic nitrogens is 6. The molecule has 0 aliphatic carbocycles. The van der Waals surface area contributed by atoms with Crippen molar-refractivity contribution >= 4 is 60.6 Å². The molecular formula is C89H138F3N7O. The minimum atomic E-state index is -0.164. The number of para-hydroxylation sites is 1. The van der Waals surface area contributed by atoms with E-state index < -0.39 is 0 Å². The molecule has 6 aromatic heterocycles. The van der Waals surface area contributed by atoms with E-state index >= 15 is 0 Å². The van der Waals surface area contributed by atoms with Crippen molar-refractivity contribution in [3.05, 3.63) is 209 Å². The first-order valence-corrected chi connectivity index (χ1v) is 34.5. The van der Waals surface area contributed by atoms with Crippen molar-refractivity contribution in [2.45, 2.75) is 276 Å². The lowest BCUT2D eigenvalue weighted by molar-refractivity contribution is 0.0827. The Morgan fingerprint density at radius 3 is 1.18 bits per heavy atom. The molecular weight excluding hydrogens is 1240 g/mol. The topological polar surface area (TPSA) is 57.9 Å². The van der Waals surface area contributed by atoms with Crippen molar-refractivity contribution < 1.29 is 18.0 Å². The number of halogens is 3. The molecule has 11 rings (SSSR count). The van der Waals surface area contributed by atoms with Gasteiger partial charge in [-0.25, -0.2) is 18.2 Å². The fourth-order valence-electron chi connectivity index (χ4n) is 11.8. The van der Waals surface area contributed by atoms with Gasteiger partial charge in [0, 0.05) is 125 Å². The number of amides is 1. The molecule has 11 heteroatoms. The summed E-state index contributed by atoms with van der Waals surface area (Å²) in [5.41, 5.74) is 13.8. The van der Waals surface area contributed by atoms with Crippen LogP contribution >= 0.6 is 0 Å². The maximum atomic E-state index is 13.9. The van der Waals surface area contributed by atoms with Crippen LogP contribution in [0.2, 0.25) is 0 Å². The summed E-state index contributed by atoms with van der Waals surface area (Å²) in [7, 11) is 3.57. The molecule has 0 saturated carbocycles. The number of fused-ring (bicyclic) bond motifs is 5. The quantitative estimate of drug-likeness (QED) is 0.122. The van der Waals surface area contributed by atoms with E-state index in [1.54, 1.807) is 43.3 Å². The molecule has 8 nitrogen and oxygen atoms in total. The smallest absolute Gasteiger partial charge is 0.253 e. The zero-order chi connectivity index (χ0) is 70.3. The molecule has 0 unspecified atom stereocenters. The van der Waals surface area contributed by atoms with Crippen molar-refractivity contribution in [1.29, 1.82) is 0 Å². The van der Waals surface area contributed by atoms with Crippen LogP contribution in [0.1, 0.15) is 320 Å².